The Morgan fingerprint density at radius 2 is 1.50 bits per heavy atom. The average molecular weight is 616 g/mol. The molecule has 0 aliphatic heterocycles. The predicted molar refractivity (Wildman–Crippen MR) is 171 cm³/mol. The van der Waals surface area contributed by atoms with E-state index in [1.807, 2.05) is 57.2 Å². The number of nitrogens with one attached hydrogen (secondary N) is 1. The third-order valence-electron chi connectivity index (χ3n) is 7.26. The molecule has 0 radical (unpaired) electrons. The Kier molecular flexibility index (Phi) is 10.9. The van der Waals surface area contributed by atoms with Crippen molar-refractivity contribution in [1.82, 2.24) is 10.2 Å². The molecule has 230 valence electrons. The van der Waals surface area contributed by atoms with Crippen molar-refractivity contribution in [2.24, 2.45) is 0 Å². The van der Waals surface area contributed by atoms with Crippen LogP contribution in [0.4, 0.5) is 10.1 Å². The Morgan fingerprint density at radius 1 is 0.818 bits per heavy atom. The highest BCUT2D eigenvalue weighted by molar-refractivity contribution is 7.92. The molecule has 1 atom stereocenters. The Hall–Kier alpha value is -4.50. The number of carbonyl (C=O) groups excluding carboxylic acids is 2. The van der Waals surface area contributed by atoms with Gasteiger partial charge in [0.1, 0.15) is 18.4 Å². The van der Waals surface area contributed by atoms with Gasteiger partial charge in [-0.25, -0.2) is 12.8 Å². The maximum absolute atomic E-state index is 14.4. The summed E-state index contributed by atoms with van der Waals surface area (Å²) in [5, 5.41) is 2.91. The van der Waals surface area contributed by atoms with E-state index in [0.29, 0.717) is 24.2 Å². The lowest BCUT2D eigenvalue weighted by atomic mass is 10.0. The summed E-state index contributed by atoms with van der Waals surface area (Å²) in [6.45, 7) is 5.48. The van der Waals surface area contributed by atoms with Crippen LogP contribution in [0.1, 0.15) is 35.6 Å². The molecule has 1 N–H and O–H groups in total. The molecular weight excluding hydrogens is 577 g/mol. The number of benzene rings is 4. The molecule has 4 aromatic carbocycles. The van der Waals surface area contributed by atoms with E-state index >= 15 is 0 Å². The van der Waals surface area contributed by atoms with Crippen molar-refractivity contribution in [1.29, 1.82) is 0 Å². The molecule has 2 amide bonds. The van der Waals surface area contributed by atoms with E-state index in [4.69, 9.17) is 0 Å². The molecule has 7 nitrogen and oxygen atoms in total. The van der Waals surface area contributed by atoms with Gasteiger partial charge in [0.15, 0.2) is 0 Å². The number of aryl methyl sites for hydroxylation is 2. The maximum atomic E-state index is 14.4. The van der Waals surface area contributed by atoms with Gasteiger partial charge in [-0.05, 0) is 73.4 Å². The summed E-state index contributed by atoms with van der Waals surface area (Å²) in [4.78, 5) is 29.5. The second kappa shape index (κ2) is 14.8. The predicted octanol–water partition coefficient (Wildman–Crippen LogP) is 5.80. The van der Waals surface area contributed by atoms with E-state index in [9.17, 15) is 22.4 Å². The molecule has 4 rings (SSSR count). The van der Waals surface area contributed by atoms with Gasteiger partial charge in [0, 0.05) is 19.5 Å². The number of rotatable bonds is 13. The maximum Gasteiger partial charge on any atom is 0.264 e. The number of amides is 2. The van der Waals surface area contributed by atoms with Gasteiger partial charge in [-0.2, -0.15) is 0 Å². The number of anilines is 1. The quantitative estimate of drug-likeness (QED) is 0.206. The van der Waals surface area contributed by atoms with Crippen LogP contribution in [0.25, 0.3) is 0 Å². The summed E-state index contributed by atoms with van der Waals surface area (Å²) in [5.74, 6) is -1.35. The zero-order valence-electron chi connectivity index (χ0n) is 25.2. The van der Waals surface area contributed by atoms with Gasteiger partial charge in [0.2, 0.25) is 11.8 Å². The largest absolute Gasteiger partial charge is 0.354 e. The van der Waals surface area contributed by atoms with E-state index in [2.05, 4.69) is 5.32 Å². The van der Waals surface area contributed by atoms with E-state index in [0.717, 1.165) is 21.0 Å². The Bertz CT molecular complexity index is 1660. The number of carbonyl (C=O) groups is 2. The third-order valence-corrected chi connectivity index (χ3v) is 9.05. The monoisotopic (exact) mass is 615 g/mol. The van der Waals surface area contributed by atoms with Crippen LogP contribution in [0.5, 0.6) is 0 Å². The Labute approximate surface area is 259 Å². The van der Waals surface area contributed by atoms with Crippen LogP contribution in [0, 0.1) is 19.7 Å². The van der Waals surface area contributed by atoms with Gasteiger partial charge in [-0.1, -0.05) is 79.2 Å². The van der Waals surface area contributed by atoms with E-state index in [1.165, 1.54) is 29.2 Å². The van der Waals surface area contributed by atoms with Gasteiger partial charge < -0.3 is 10.2 Å². The van der Waals surface area contributed by atoms with Crippen LogP contribution in [0.2, 0.25) is 0 Å². The highest BCUT2D eigenvalue weighted by Gasteiger charge is 2.34. The molecule has 0 fully saturated rings. The highest BCUT2D eigenvalue weighted by Crippen LogP contribution is 2.26. The number of nitrogens with zero attached hydrogens (tertiary/aromatic N) is 2. The minimum Gasteiger partial charge on any atom is -0.354 e. The average Bonchev–Trinajstić information content (AvgIpc) is 3.01. The lowest BCUT2D eigenvalue weighted by molar-refractivity contribution is -0.140. The normalized spacial score (nSPS) is 11.9. The van der Waals surface area contributed by atoms with Crippen LogP contribution in [0.15, 0.2) is 108 Å². The standard InChI is InChI=1S/C35H38FN3O4S/c1-4-21-37-35(41)33(23-28-10-6-5-7-11-28)38(24-29-15-17-30(36)18-16-29)34(40)25-39(31-12-8-9-27(3)22-31)44(42,43)32-19-13-26(2)14-20-32/h5-20,22,33H,4,21,23-25H2,1-3H3,(H,37,41)/t33-/m0/s1. The van der Waals surface area contributed by atoms with Gasteiger partial charge in [0.25, 0.3) is 10.0 Å². The van der Waals surface area contributed by atoms with Crippen molar-refractivity contribution in [3.63, 3.8) is 0 Å². The van der Waals surface area contributed by atoms with Crippen LogP contribution in [-0.4, -0.2) is 44.3 Å². The number of sulfonamides is 1. The van der Waals surface area contributed by atoms with Crippen molar-refractivity contribution in [2.45, 2.75) is 51.1 Å². The van der Waals surface area contributed by atoms with E-state index < -0.39 is 34.3 Å². The second-order valence-corrected chi connectivity index (χ2v) is 12.7. The first-order valence-corrected chi connectivity index (χ1v) is 16.0. The highest BCUT2D eigenvalue weighted by atomic mass is 32.2. The molecule has 0 saturated carbocycles. The van der Waals surface area contributed by atoms with Crippen LogP contribution >= 0.6 is 0 Å². The molecular formula is C35H38FN3O4S. The first-order valence-electron chi connectivity index (χ1n) is 14.6. The fraction of sp³-hybridized carbons (Fsp3) is 0.257. The SMILES string of the molecule is CCCNC(=O)[C@H](Cc1ccccc1)N(Cc1ccc(F)cc1)C(=O)CN(c1cccc(C)c1)S(=O)(=O)c1ccc(C)cc1. The summed E-state index contributed by atoms with van der Waals surface area (Å²) in [6, 6.07) is 27.5. The molecule has 0 aliphatic carbocycles. The summed E-state index contributed by atoms with van der Waals surface area (Å²) in [6.07, 6.45) is 0.907. The number of hydrogen-bond donors (Lipinski definition) is 1. The van der Waals surface area contributed by atoms with Crippen LogP contribution in [0.3, 0.4) is 0 Å². The minimum absolute atomic E-state index is 0.0254. The van der Waals surface area contributed by atoms with Crippen LogP contribution in [-0.2, 0) is 32.6 Å². The molecule has 0 spiro atoms. The van der Waals surface area contributed by atoms with E-state index in [-0.39, 0.29) is 23.8 Å². The molecule has 0 heterocycles. The van der Waals surface area contributed by atoms with Gasteiger partial charge in [0.05, 0.1) is 10.6 Å². The summed E-state index contributed by atoms with van der Waals surface area (Å²) in [7, 11) is -4.18. The fourth-order valence-electron chi connectivity index (χ4n) is 4.86. The molecule has 0 unspecified atom stereocenters. The van der Waals surface area contributed by atoms with Crippen molar-refractivity contribution < 1.29 is 22.4 Å². The first kappa shape index (κ1) is 32.4. The van der Waals surface area contributed by atoms with E-state index in [1.54, 1.807) is 42.5 Å². The Morgan fingerprint density at radius 3 is 2.14 bits per heavy atom. The molecule has 0 bridgehead atoms. The third kappa shape index (κ3) is 8.32. The summed E-state index contributed by atoms with van der Waals surface area (Å²) < 4.78 is 43.0. The van der Waals surface area contributed by atoms with Crippen molar-refractivity contribution in [3.8, 4) is 0 Å². The molecule has 0 aliphatic rings. The van der Waals surface area contributed by atoms with Gasteiger partial charge >= 0.3 is 0 Å². The fourth-order valence-corrected chi connectivity index (χ4v) is 6.26. The minimum atomic E-state index is -4.18. The van der Waals surface area contributed by atoms with Crippen molar-refractivity contribution in [3.05, 3.63) is 131 Å². The first-order chi connectivity index (χ1) is 21.1. The number of halogens is 1. The molecule has 0 saturated heterocycles. The number of hydrogen-bond acceptors (Lipinski definition) is 4. The summed E-state index contributed by atoms with van der Waals surface area (Å²) in [5.41, 5.74) is 3.49. The molecule has 44 heavy (non-hydrogen) atoms. The summed E-state index contributed by atoms with van der Waals surface area (Å²) >= 11 is 0. The lowest BCUT2D eigenvalue weighted by Gasteiger charge is -2.34. The molecule has 0 aromatic heterocycles. The second-order valence-electron chi connectivity index (χ2n) is 10.8. The smallest absolute Gasteiger partial charge is 0.264 e. The van der Waals surface area contributed by atoms with Gasteiger partial charge in [-0.15, -0.1) is 0 Å². The van der Waals surface area contributed by atoms with Crippen LogP contribution < -0.4 is 9.62 Å². The molecule has 9 heteroatoms. The Balaban J connectivity index is 1.79. The lowest BCUT2D eigenvalue weighted by Crippen LogP contribution is -2.53. The van der Waals surface area contributed by atoms with Crippen molar-refractivity contribution >= 4 is 27.5 Å². The van der Waals surface area contributed by atoms with Gasteiger partial charge in [-0.3, -0.25) is 13.9 Å². The zero-order valence-corrected chi connectivity index (χ0v) is 26.1. The topological polar surface area (TPSA) is 86.8 Å². The molecule has 4 aromatic rings. The zero-order chi connectivity index (χ0) is 31.7. The van der Waals surface area contributed by atoms with Crippen molar-refractivity contribution in [2.75, 3.05) is 17.4 Å².